The first kappa shape index (κ1) is 17.4. The van der Waals surface area contributed by atoms with Crippen molar-refractivity contribution in [2.24, 2.45) is 0 Å². The van der Waals surface area contributed by atoms with Gasteiger partial charge < -0.3 is 9.64 Å². The first-order valence-corrected chi connectivity index (χ1v) is 8.25. The van der Waals surface area contributed by atoms with E-state index < -0.39 is 0 Å². The Morgan fingerprint density at radius 1 is 0.846 bits per heavy atom. The number of ether oxygens (including phenoxy) is 1. The maximum atomic E-state index is 7.00. The highest BCUT2D eigenvalue weighted by Crippen LogP contribution is 2.45. The van der Waals surface area contributed by atoms with Crippen molar-refractivity contribution in [1.82, 2.24) is 0 Å². The summed E-state index contributed by atoms with van der Waals surface area (Å²) in [5.74, 6) is 0.861. The Balaban J connectivity index is 0.000000948. The molecule has 4 nitrogen and oxygen atoms in total. The third kappa shape index (κ3) is 3.09. The lowest BCUT2D eigenvalue weighted by atomic mass is 9.93. The summed E-state index contributed by atoms with van der Waals surface area (Å²) >= 11 is 0. The van der Waals surface area contributed by atoms with Gasteiger partial charge in [-0.25, -0.2) is 0 Å². The monoisotopic (exact) mass is 345 g/mol. The number of rotatable bonds is 3. The summed E-state index contributed by atoms with van der Waals surface area (Å²) in [6.07, 6.45) is 1.73. The minimum Gasteiger partial charge on any atom is -0.481 e. The molecule has 0 aromatic heterocycles. The normalized spacial score (nSPS) is 12.3. The van der Waals surface area contributed by atoms with Crippen LogP contribution in [0.1, 0.15) is 22.8 Å². The summed E-state index contributed by atoms with van der Waals surface area (Å²) in [6, 6.07) is 24.9. The molecular formula is C22H19NO3. The van der Waals surface area contributed by atoms with E-state index in [1.165, 1.54) is 22.5 Å². The molecule has 0 N–H and O–H groups in total. The molecule has 0 amide bonds. The maximum Gasteiger partial charge on any atom is 0.153 e. The summed E-state index contributed by atoms with van der Waals surface area (Å²) in [4.78, 5) is 16.2. The van der Waals surface area contributed by atoms with Gasteiger partial charge in [-0.3, -0.25) is 0 Å². The van der Waals surface area contributed by atoms with Gasteiger partial charge in [-0.05, 0) is 29.8 Å². The Morgan fingerprint density at radius 2 is 1.35 bits per heavy atom. The standard InChI is InChI=1S/C22H19NO.O2/c1-3-16-12-14-17(15-13-16)24-22-18-8-4-6-10-20(18)23(2)21-11-7-5-9-19(21)22;1-2/h3-15,22H,1H2,2H3;. The second-order valence-electron chi connectivity index (χ2n) is 5.95. The van der Waals surface area contributed by atoms with Crippen LogP contribution in [0.3, 0.4) is 0 Å². The Labute approximate surface area is 152 Å². The summed E-state index contributed by atoms with van der Waals surface area (Å²) in [5.41, 5.74) is 5.83. The van der Waals surface area contributed by atoms with Gasteiger partial charge in [0.05, 0.1) is 0 Å². The third-order valence-corrected chi connectivity index (χ3v) is 4.53. The Morgan fingerprint density at radius 3 is 1.85 bits per heavy atom. The lowest BCUT2D eigenvalue weighted by molar-refractivity contribution is 0.246. The number of para-hydroxylation sites is 2. The van der Waals surface area contributed by atoms with Gasteiger partial charge in [0.2, 0.25) is 0 Å². The average molecular weight is 345 g/mol. The van der Waals surface area contributed by atoms with Crippen molar-refractivity contribution in [2.45, 2.75) is 6.10 Å². The van der Waals surface area contributed by atoms with E-state index in [4.69, 9.17) is 14.7 Å². The van der Waals surface area contributed by atoms with E-state index in [1.807, 2.05) is 30.3 Å². The highest BCUT2D eigenvalue weighted by atomic mass is 16.7. The van der Waals surface area contributed by atoms with Crippen molar-refractivity contribution in [3.63, 3.8) is 0 Å². The predicted molar refractivity (Wildman–Crippen MR) is 107 cm³/mol. The van der Waals surface area contributed by atoms with E-state index in [1.54, 1.807) is 0 Å². The third-order valence-electron chi connectivity index (χ3n) is 4.53. The van der Waals surface area contributed by atoms with Gasteiger partial charge in [0.25, 0.3) is 0 Å². The van der Waals surface area contributed by atoms with Crippen LogP contribution < -0.4 is 9.64 Å². The number of fused-ring (bicyclic) bond motifs is 2. The van der Waals surface area contributed by atoms with Crippen molar-refractivity contribution >= 4 is 17.5 Å². The zero-order valence-electron chi connectivity index (χ0n) is 14.5. The molecule has 130 valence electrons. The van der Waals surface area contributed by atoms with Gasteiger partial charge in [0, 0.05) is 39.5 Å². The molecule has 0 bridgehead atoms. The van der Waals surface area contributed by atoms with Crippen molar-refractivity contribution in [3.05, 3.63) is 106 Å². The lowest BCUT2D eigenvalue weighted by Gasteiger charge is -2.35. The zero-order valence-corrected chi connectivity index (χ0v) is 14.5. The molecule has 3 aromatic carbocycles. The highest BCUT2D eigenvalue weighted by Gasteiger charge is 2.29. The first-order chi connectivity index (χ1) is 12.8. The van der Waals surface area contributed by atoms with Crippen LogP contribution in [0.15, 0.2) is 79.4 Å². The number of nitrogens with zero attached hydrogens (tertiary/aromatic N) is 1. The highest BCUT2D eigenvalue weighted by molar-refractivity contribution is 5.75. The van der Waals surface area contributed by atoms with Crippen LogP contribution in [0.2, 0.25) is 0 Å². The number of hydrogen-bond acceptors (Lipinski definition) is 4. The molecular weight excluding hydrogens is 326 g/mol. The molecule has 0 spiro atoms. The molecule has 0 atom stereocenters. The molecule has 1 heterocycles. The summed E-state index contributed by atoms with van der Waals surface area (Å²) in [7, 11) is 2.10. The first-order valence-electron chi connectivity index (χ1n) is 8.25. The van der Waals surface area contributed by atoms with Crippen LogP contribution >= 0.6 is 0 Å². The fourth-order valence-electron chi connectivity index (χ4n) is 3.27. The van der Waals surface area contributed by atoms with E-state index >= 15 is 0 Å². The summed E-state index contributed by atoms with van der Waals surface area (Å²) in [6.45, 7) is 3.80. The van der Waals surface area contributed by atoms with Gasteiger partial charge in [0.1, 0.15) is 5.75 Å². The van der Waals surface area contributed by atoms with E-state index in [-0.39, 0.29) is 6.10 Å². The fourth-order valence-corrected chi connectivity index (χ4v) is 3.27. The van der Waals surface area contributed by atoms with Crippen LogP contribution in [0, 0.1) is 9.93 Å². The SMILES string of the molecule is C=Cc1ccc(OC2c3ccccc3N(C)c3ccccc32)cc1.O=O. The molecule has 4 heteroatoms. The molecule has 0 radical (unpaired) electrons. The zero-order chi connectivity index (χ0) is 18.5. The number of anilines is 2. The molecule has 0 saturated carbocycles. The Bertz CT molecular complexity index is 858. The van der Waals surface area contributed by atoms with E-state index in [0.717, 1.165) is 11.3 Å². The van der Waals surface area contributed by atoms with Crippen LogP contribution in [-0.2, 0) is 0 Å². The van der Waals surface area contributed by atoms with Gasteiger partial charge in [-0.1, -0.05) is 61.2 Å². The summed E-state index contributed by atoms with van der Waals surface area (Å²) in [5, 5.41) is 0. The van der Waals surface area contributed by atoms with Crippen LogP contribution in [-0.4, -0.2) is 7.05 Å². The molecule has 3 aromatic rings. The number of hydrogen-bond donors (Lipinski definition) is 0. The molecule has 0 unspecified atom stereocenters. The minimum absolute atomic E-state index is 0.108. The fraction of sp³-hybridized carbons (Fsp3) is 0.0909. The van der Waals surface area contributed by atoms with Crippen molar-refractivity contribution in [3.8, 4) is 5.75 Å². The van der Waals surface area contributed by atoms with Crippen molar-refractivity contribution < 1.29 is 4.74 Å². The Kier molecular flexibility index (Phi) is 5.13. The quantitative estimate of drug-likeness (QED) is 0.616. The smallest absolute Gasteiger partial charge is 0.153 e. The van der Waals surface area contributed by atoms with Crippen LogP contribution in [0.5, 0.6) is 5.75 Å². The minimum atomic E-state index is -0.108. The van der Waals surface area contributed by atoms with Crippen LogP contribution in [0.25, 0.3) is 6.08 Å². The molecule has 0 saturated heterocycles. The summed E-state index contributed by atoms with van der Waals surface area (Å²) < 4.78 is 6.40. The molecule has 1 aliphatic heterocycles. The second kappa shape index (κ2) is 7.66. The van der Waals surface area contributed by atoms with E-state index in [0.29, 0.717) is 0 Å². The largest absolute Gasteiger partial charge is 0.481 e. The van der Waals surface area contributed by atoms with Gasteiger partial charge in [-0.15, -0.1) is 0 Å². The predicted octanol–water partition coefficient (Wildman–Crippen LogP) is 5.65. The van der Waals surface area contributed by atoms with Gasteiger partial charge >= 0.3 is 0 Å². The average Bonchev–Trinajstić information content (AvgIpc) is 2.73. The van der Waals surface area contributed by atoms with Gasteiger partial charge in [0.15, 0.2) is 6.10 Å². The number of benzene rings is 3. The second-order valence-corrected chi connectivity index (χ2v) is 5.95. The van der Waals surface area contributed by atoms with Crippen molar-refractivity contribution in [2.75, 3.05) is 11.9 Å². The Hall–Kier alpha value is -3.40. The van der Waals surface area contributed by atoms with E-state index in [9.17, 15) is 0 Å². The molecule has 0 aliphatic carbocycles. The molecule has 1 aliphatic rings. The topological polar surface area (TPSA) is 46.6 Å². The lowest BCUT2D eigenvalue weighted by Crippen LogP contribution is -2.24. The molecule has 0 fully saturated rings. The molecule has 26 heavy (non-hydrogen) atoms. The van der Waals surface area contributed by atoms with Gasteiger partial charge in [-0.2, -0.15) is 0 Å². The maximum absolute atomic E-state index is 7.00. The van der Waals surface area contributed by atoms with Crippen molar-refractivity contribution in [1.29, 1.82) is 0 Å². The molecule has 4 rings (SSSR count). The van der Waals surface area contributed by atoms with Crippen LogP contribution in [0.4, 0.5) is 11.4 Å². The van der Waals surface area contributed by atoms with E-state index in [2.05, 4.69) is 67.1 Å².